The van der Waals surface area contributed by atoms with Crippen molar-refractivity contribution in [2.45, 2.75) is 19.3 Å². The van der Waals surface area contributed by atoms with Gasteiger partial charge in [0.05, 0.1) is 0 Å². The molecule has 0 radical (unpaired) electrons. The summed E-state index contributed by atoms with van der Waals surface area (Å²) in [5.74, 6) is 1.52. The molecule has 15 heavy (non-hydrogen) atoms. The number of furan rings is 1. The Labute approximate surface area is 88.4 Å². The predicted molar refractivity (Wildman–Crippen MR) is 62.7 cm³/mol. The molecule has 1 aliphatic rings. The second-order valence-corrected chi connectivity index (χ2v) is 4.17. The molecule has 3 rings (SSSR count). The molecule has 1 heterocycles. The molecule has 2 N–H and O–H groups in total. The lowest BCUT2D eigenvalue weighted by molar-refractivity contribution is 0.586. The quantitative estimate of drug-likeness (QED) is 0.659. The molecule has 2 nitrogen and oxygen atoms in total. The van der Waals surface area contributed by atoms with Gasteiger partial charge in [0.15, 0.2) is 0 Å². The first-order valence-corrected chi connectivity index (χ1v) is 5.24. The van der Waals surface area contributed by atoms with Crippen molar-refractivity contribution >= 4 is 22.7 Å². The lowest BCUT2D eigenvalue weighted by Crippen LogP contribution is -1.96. The number of allylic oxidation sites excluding steroid dienone is 1. The van der Waals surface area contributed by atoms with Gasteiger partial charge in [-0.25, -0.2) is 0 Å². The second kappa shape index (κ2) is 2.89. The maximum atomic E-state index is 5.80. The lowest BCUT2D eigenvalue weighted by atomic mass is 9.91. The van der Waals surface area contributed by atoms with Crippen LogP contribution >= 0.6 is 0 Å². The maximum Gasteiger partial charge on any atom is 0.135 e. The van der Waals surface area contributed by atoms with E-state index in [1.807, 2.05) is 18.2 Å². The fourth-order valence-corrected chi connectivity index (χ4v) is 2.28. The van der Waals surface area contributed by atoms with Crippen LogP contribution in [0.1, 0.15) is 30.6 Å². The number of nitrogen functional groups attached to an aromatic ring is 1. The second-order valence-electron chi connectivity index (χ2n) is 4.17. The molecule has 2 heteroatoms. The third kappa shape index (κ3) is 1.18. The average Bonchev–Trinajstić information content (AvgIpc) is 2.57. The predicted octanol–water partition coefficient (Wildman–Crippen LogP) is 3.54. The van der Waals surface area contributed by atoms with E-state index in [2.05, 4.69) is 19.1 Å². The molecular formula is C13H13NO. The Morgan fingerprint density at radius 1 is 1.40 bits per heavy atom. The average molecular weight is 199 g/mol. The Balaban J connectivity index is 2.39. The van der Waals surface area contributed by atoms with Crippen molar-refractivity contribution in [3.8, 4) is 0 Å². The first-order chi connectivity index (χ1) is 7.25. The first-order valence-electron chi connectivity index (χ1n) is 5.24. The van der Waals surface area contributed by atoms with Crippen LogP contribution in [0.3, 0.4) is 0 Å². The van der Waals surface area contributed by atoms with Crippen molar-refractivity contribution in [1.29, 1.82) is 0 Å². The van der Waals surface area contributed by atoms with Gasteiger partial charge in [0.2, 0.25) is 0 Å². The Morgan fingerprint density at radius 2 is 2.27 bits per heavy atom. The zero-order valence-corrected chi connectivity index (χ0v) is 8.66. The topological polar surface area (TPSA) is 39.2 Å². The molecule has 0 aliphatic heterocycles. The van der Waals surface area contributed by atoms with E-state index < -0.39 is 0 Å². The molecule has 1 unspecified atom stereocenters. The minimum Gasteiger partial charge on any atom is -0.456 e. The van der Waals surface area contributed by atoms with Gasteiger partial charge < -0.3 is 10.2 Å². The largest absolute Gasteiger partial charge is 0.456 e. The van der Waals surface area contributed by atoms with Gasteiger partial charge in [-0.3, -0.25) is 0 Å². The van der Waals surface area contributed by atoms with E-state index in [1.165, 1.54) is 10.9 Å². The SMILES string of the molecule is CC1CC=Cc2oc3ccc(N)cc3c21. The summed E-state index contributed by atoms with van der Waals surface area (Å²) < 4.78 is 5.77. The minimum atomic E-state index is 0.521. The molecular weight excluding hydrogens is 186 g/mol. The standard InChI is InChI=1S/C13H13NO/c1-8-3-2-4-12-13(8)10-7-9(14)5-6-11(10)15-12/h2,4-8H,3,14H2,1H3. The van der Waals surface area contributed by atoms with Crippen LogP contribution in [0.25, 0.3) is 17.0 Å². The van der Waals surface area contributed by atoms with E-state index >= 15 is 0 Å². The van der Waals surface area contributed by atoms with Gasteiger partial charge >= 0.3 is 0 Å². The molecule has 0 saturated carbocycles. The van der Waals surface area contributed by atoms with Crippen LogP contribution in [0.2, 0.25) is 0 Å². The summed E-state index contributed by atoms with van der Waals surface area (Å²) in [6, 6.07) is 5.84. The molecule has 1 atom stereocenters. The molecule has 0 fully saturated rings. The third-order valence-electron chi connectivity index (χ3n) is 3.03. The highest BCUT2D eigenvalue weighted by Crippen LogP contribution is 2.38. The Morgan fingerprint density at radius 3 is 3.13 bits per heavy atom. The van der Waals surface area contributed by atoms with Crippen molar-refractivity contribution in [1.82, 2.24) is 0 Å². The molecule has 0 bridgehead atoms. The van der Waals surface area contributed by atoms with Gasteiger partial charge in [-0.2, -0.15) is 0 Å². The Bertz CT molecular complexity index is 551. The number of fused-ring (bicyclic) bond motifs is 3. The fourth-order valence-electron chi connectivity index (χ4n) is 2.28. The van der Waals surface area contributed by atoms with Gasteiger partial charge in [0.1, 0.15) is 11.3 Å². The Hall–Kier alpha value is -1.70. The molecule has 0 spiro atoms. The maximum absolute atomic E-state index is 5.80. The van der Waals surface area contributed by atoms with Gasteiger partial charge in [-0.05, 0) is 36.6 Å². The normalized spacial score (nSPS) is 19.4. The number of anilines is 1. The zero-order chi connectivity index (χ0) is 10.4. The molecule has 0 amide bonds. The Kier molecular flexibility index (Phi) is 1.66. The van der Waals surface area contributed by atoms with Crippen LogP contribution in [0.4, 0.5) is 5.69 Å². The zero-order valence-electron chi connectivity index (χ0n) is 8.66. The molecule has 2 aromatic rings. The number of rotatable bonds is 0. The summed E-state index contributed by atoms with van der Waals surface area (Å²) >= 11 is 0. The van der Waals surface area contributed by atoms with Crippen molar-refractivity contribution < 1.29 is 4.42 Å². The molecule has 0 saturated heterocycles. The monoisotopic (exact) mass is 199 g/mol. The van der Waals surface area contributed by atoms with Crippen LogP contribution in [-0.2, 0) is 0 Å². The van der Waals surface area contributed by atoms with Crippen molar-refractivity contribution in [2.24, 2.45) is 0 Å². The van der Waals surface area contributed by atoms with E-state index in [0.717, 1.165) is 23.5 Å². The highest BCUT2D eigenvalue weighted by Gasteiger charge is 2.20. The minimum absolute atomic E-state index is 0.521. The summed E-state index contributed by atoms with van der Waals surface area (Å²) in [7, 11) is 0. The van der Waals surface area contributed by atoms with Crippen LogP contribution in [0.5, 0.6) is 0 Å². The number of nitrogens with two attached hydrogens (primary N) is 1. The molecule has 1 aromatic heterocycles. The van der Waals surface area contributed by atoms with Crippen LogP contribution in [0.15, 0.2) is 28.7 Å². The van der Waals surface area contributed by atoms with E-state index in [9.17, 15) is 0 Å². The first kappa shape index (κ1) is 8.60. The highest BCUT2D eigenvalue weighted by molar-refractivity contribution is 5.88. The van der Waals surface area contributed by atoms with Gasteiger partial charge in [-0.1, -0.05) is 13.0 Å². The van der Waals surface area contributed by atoms with Gasteiger partial charge in [0.25, 0.3) is 0 Å². The van der Waals surface area contributed by atoms with Crippen molar-refractivity contribution in [2.75, 3.05) is 5.73 Å². The molecule has 76 valence electrons. The van der Waals surface area contributed by atoms with E-state index in [0.29, 0.717) is 5.92 Å². The summed E-state index contributed by atoms with van der Waals surface area (Å²) in [4.78, 5) is 0. The lowest BCUT2D eigenvalue weighted by Gasteiger charge is -2.12. The van der Waals surface area contributed by atoms with Crippen molar-refractivity contribution in [3.05, 3.63) is 35.6 Å². The number of hydrogen-bond acceptors (Lipinski definition) is 2. The van der Waals surface area contributed by atoms with E-state index in [1.54, 1.807) is 0 Å². The van der Waals surface area contributed by atoms with Crippen LogP contribution < -0.4 is 5.73 Å². The summed E-state index contributed by atoms with van der Waals surface area (Å²) in [6.07, 6.45) is 5.31. The summed E-state index contributed by atoms with van der Waals surface area (Å²) in [6.45, 7) is 2.22. The van der Waals surface area contributed by atoms with Crippen molar-refractivity contribution in [3.63, 3.8) is 0 Å². The van der Waals surface area contributed by atoms with Gasteiger partial charge in [-0.15, -0.1) is 0 Å². The highest BCUT2D eigenvalue weighted by atomic mass is 16.3. The summed E-state index contributed by atoms with van der Waals surface area (Å²) in [5.41, 5.74) is 8.84. The van der Waals surface area contributed by atoms with Crippen LogP contribution in [-0.4, -0.2) is 0 Å². The van der Waals surface area contributed by atoms with E-state index in [4.69, 9.17) is 10.2 Å². The number of benzene rings is 1. The summed E-state index contributed by atoms with van der Waals surface area (Å²) in [5, 5.41) is 1.17. The fraction of sp³-hybridized carbons (Fsp3) is 0.231. The van der Waals surface area contributed by atoms with E-state index in [-0.39, 0.29) is 0 Å². The van der Waals surface area contributed by atoms with Gasteiger partial charge in [0, 0.05) is 16.6 Å². The van der Waals surface area contributed by atoms with Crippen LogP contribution in [0, 0.1) is 0 Å². The molecule has 1 aliphatic carbocycles. The number of hydrogen-bond donors (Lipinski definition) is 1. The smallest absolute Gasteiger partial charge is 0.135 e. The third-order valence-corrected chi connectivity index (χ3v) is 3.03. The molecule has 1 aromatic carbocycles.